The van der Waals surface area contributed by atoms with E-state index in [2.05, 4.69) is 5.32 Å². The molecule has 28 heavy (non-hydrogen) atoms. The minimum Gasteiger partial charge on any atom is -0.483 e. The Hall–Kier alpha value is -2.96. The van der Waals surface area contributed by atoms with Gasteiger partial charge in [0.2, 0.25) is 0 Å². The van der Waals surface area contributed by atoms with Crippen molar-refractivity contribution >= 4 is 16.7 Å². The molecule has 0 aliphatic carbocycles. The summed E-state index contributed by atoms with van der Waals surface area (Å²) in [6.45, 7) is 0.631. The number of nitrogens with one attached hydrogen (secondary N) is 1. The average Bonchev–Trinajstić information content (AvgIpc) is 2.71. The number of rotatable bonds is 7. The number of aliphatic hydroxyl groups is 2. The number of fused-ring (bicyclic) bond motifs is 1. The molecule has 3 aromatic rings. The maximum atomic E-state index is 13.5. The van der Waals surface area contributed by atoms with Crippen LogP contribution < -0.4 is 10.1 Å². The quantitative estimate of drug-likeness (QED) is 0.585. The summed E-state index contributed by atoms with van der Waals surface area (Å²) >= 11 is 0. The Morgan fingerprint density at radius 1 is 1.04 bits per heavy atom. The average molecular weight is 383 g/mol. The van der Waals surface area contributed by atoms with Gasteiger partial charge in [-0.15, -0.1) is 0 Å². The molecule has 146 valence electrons. The third-order valence-corrected chi connectivity index (χ3v) is 4.55. The topological polar surface area (TPSA) is 78.8 Å². The number of amides is 1. The highest BCUT2D eigenvalue weighted by Crippen LogP contribution is 2.26. The number of aliphatic hydroxyl groups excluding tert-OH is 2. The number of halogens is 1. The van der Waals surface area contributed by atoms with Crippen molar-refractivity contribution in [1.82, 2.24) is 5.32 Å². The summed E-state index contributed by atoms with van der Waals surface area (Å²) in [5.41, 5.74) is 1.32. The van der Waals surface area contributed by atoms with E-state index in [4.69, 9.17) is 4.74 Å². The number of hydrogen-bond acceptors (Lipinski definition) is 4. The van der Waals surface area contributed by atoms with Crippen LogP contribution in [0, 0.1) is 5.82 Å². The highest BCUT2D eigenvalue weighted by molar-refractivity contribution is 5.83. The zero-order chi connectivity index (χ0) is 20.1. The first-order valence-electron chi connectivity index (χ1n) is 8.95. The molecule has 3 aromatic carbocycles. The van der Waals surface area contributed by atoms with Gasteiger partial charge in [-0.3, -0.25) is 4.79 Å². The predicted octanol–water partition coefficient (Wildman–Crippen LogP) is 3.22. The van der Waals surface area contributed by atoms with Crippen LogP contribution in [-0.4, -0.2) is 22.7 Å². The van der Waals surface area contributed by atoms with Gasteiger partial charge < -0.3 is 20.3 Å². The van der Waals surface area contributed by atoms with E-state index in [1.165, 1.54) is 0 Å². The predicted molar refractivity (Wildman–Crippen MR) is 104 cm³/mol. The van der Waals surface area contributed by atoms with Crippen molar-refractivity contribution in [2.45, 2.75) is 26.2 Å². The first kappa shape index (κ1) is 19.8. The molecule has 0 unspecified atom stereocenters. The molecular formula is C22H22FNO4. The second-order valence-corrected chi connectivity index (χ2v) is 6.55. The van der Waals surface area contributed by atoms with Crippen LogP contribution in [0.5, 0.6) is 5.75 Å². The first-order valence-corrected chi connectivity index (χ1v) is 8.95. The lowest BCUT2D eigenvalue weighted by Crippen LogP contribution is -2.31. The van der Waals surface area contributed by atoms with Crippen molar-refractivity contribution in [3.8, 4) is 5.75 Å². The van der Waals surface area contributed by atoms with Gasteiger partial charge in [-0.2, -0.15) is 0 Å². The molecule has 3 N–H and O–H groups in total. The number of ether oxygens (including phenoxy) is 1. The summed E-state index contributed by atoms with van der Waals surface area (Å²) in [7, 11) is 0. The Labute approximate surface area is 162 Å². The highest BCUT2D eigenvalue weighted by atomic mass is 19.1. The monoisotopic (exact) mass is 383 g/mol. The third-order valence-electron chi connectivity index (χ3n) is 4.55. The fourth-order valence-electron chi connectivity index (χ4n) is 3.11. The second kappa shape index (κ2) is 8.82. The van der Waals surface area contributed by atoms with Gasteiger partial charge in [0, 0.05) is 11.1 Å². The lowest BCUT2D eigenvalue weighted by atomic mass is 10.0. The summed E-state index contributed by atoms with van der Waals surface area (Å²) in [5.74, 6) is -0.826. The molecule has 0 spiro atoms. The van der Waals surface area contributed by atoms with E-state index in [-0.39, 0.29) is 35.4 Å². The number of benzene rings is 3. The Morgan fingerprint density at radius 2 is 1.68 bits per heavy atom. The van der Waals surface area contributed by atoms with Gasteiger partial charge in [-0.1, -0.05) is 36.4 Å². The zero-order valence-electron chi connectivity index (χ0n) is 15.5. The molecule has 1 amide bonds. The SMILES string of the molecule is C[C@H](NC(=O)COc1c(CO)cc(F)cc1CO)c1ccc2ccccc2c1. The van der Waals surface area contributed by atoms with E-state index in [9.17, 15) is 19.4 Å². The molecular weight excluding hydrogens is 361 g/mol. The minimum atomic E-state index is -0.588. The molecule has 0 saturated heterocycles. The largest absolute Gasteiger partial charge is 0.483 e. The van der Waals surface area contributed by atoms with Crippen LogP contribution in [0.15, 0.2) is 54.6 Å². The second-order valence-electron chi connectivity index (χ2n) is 6.55. The van der Waals surface area contributed by atoms with Crippen LogP contribution in [0.3, 0.4) is 0 Å². The van der Waals surface area contributed by atoms with Crippen LogP contribution in [0.2, 0.25) is 0 Å². The van der Waals surface area contributed by atoms with Crippen molar-refractivity contribution < 1.29 is 24.1 Å². The summed E-state index contributed by atoms with van der Waals surface area (Å²) in [6, 6.07) is 16.0. The number of hydrogen-bond donors (Lipinski definition) is 3. The maximum absolute atomic E-state index is 13.5. The van der Waals surface area contributed by atoms with Gasteiger partial charge in [-0.25, -0.2) is 4.39 Å². The summed E-state index contributed by atoms with van der Waals surface area (Å²) < 4.78 is 19.0. The molecule has 5 nitrogen and oxygen atoms in total. The van der Waals surface area contributed by atoms with E-state index >= 15 is 0 Å². The summed E-state index contributed by atoms with van der Waals surface area (Å²) in [6.07, 6.45) is 0. The van der Waals surface area contributed by atoms with Crippen LogP contribution in [-0.2, 0) is 18.0 Å². The molecule has 0 saturated carbocycles. The molecule has 0 radical (unpaired) electrons. The van der Waals surface area contributed by atoms with Gasteiger partial charge in [0.15, 0.2) is 6.61 Å². The van der Waals surface area contributed by atoms with Crippen molar-refractivity contribution in [2.24, 2.45) is 0 Å². The maximum Gasteiger partial charge on any atom is 0.258 e. The third kappa shape index (κ3) is 4.47. The first-order chi connectivity index (χ1) is 13.5. The molecule has 0 bridgehead atoms. The van der Waals surface area contributed by atoms with Crippen LogP contribution in [0.25, 0.3) is 10.8 Å². The van der Waals surface area contributed by atoms with E-state index in [0.29, 0.717) is 0 Å². The minimum absolute atomic E-state index is 0.125. The van der Waals surface area contributed by atoms with Crippen LogP contribution in [0.4, 0.5) is 4.39 Å². The Kier molecular flexibility index (Phi) is 6.23. The van der Waals surface area contributed by atoms with E-state index in [0.717, 1.165) is 28.5 Å². The number of carbonyl (C=O) groups is 1. The van der Waals surface area contributed by atoms with E-state index < -0.39 is 19.0 Å². The summed E-state index contributed by atoms with van der Waals surface area (Å²) in [5, 5.41) is 23.8. The molecule has 0 aromatic heterocycles. The van der Waals surface area contributed by atoms with Gasteiger partial charge in [0.1, 0.15) is 11.6 Å². The molecule has 0 aliphatic rings. The van der Waals surface area contributed by atoms with Crippen LogP contribution >= 0.6 is 0 Å². The fraction of sp³-hybridized carbons (Fsp3) is 0.227. The van der Waals surface area contributed by atoms with Crippen molar-refractivity contribution in [3.05, 3.63) is 77.1 Å². The molecule has 1 atom stereocenters. The van der Waals surface area contributed by atoms with Crippen molar-refractivity contribution in [3.63, 3.8) is 0 Å². The lowest BCUT2D eigenvalue weighted by Gasteiger charge is -2.17. The molecule has 0 aliphatic heterocycles. The lowest BCUT2D eigenvalue weighted by molar-refractivity contribution is -0.123. The normalized spacial score (nSPS) is 12.0. The van der Waals surface area contributed by atoms with Gasteiger partial charge >= 0.3 is 0 Å². The van der Waals surface area contributed by atoms with Gasteiger partial charge in [-0.05, 0) is 41.5 Å². The Morgan fingerprint density at radius 3 is 2.32 bits per heavy atom. The van der Waals surface area contributed by atoms with Gasteiger partial charge in [0.05, 0.1) is 19.3 Å². The van der Waals surface area contributed by atoms with E-state index in [1.807, 2.05) is 49.4 Å². The standard InChI is InChI=1S/C22H22FNO4/c1-14(16-7-6-15-4-2-3-5-17(15)8-16)24-21(27)13-28-22-18(11-25)9-20(23)10-19(22)12-26/h2-10,14,25-26H,11-13H2,1H3,(H,24,27)/t14-/m0/s1. The smallest absolute Gasteiger partial charge is 0.258 e. The summed E-state index contributed by atoms with van der Waals surface area (Å²) in [4.78, 5) is 12.3. The van der Waals surface area contributed by atoms with Crippen molar-refractivity contribution in [2.75, 3.05) is 6.61 Å². The Bertz CT molecular complexity index is 964. The highest BCUT2D eigenvalue weighted by Gasteiger charge is 2.15. The molecule has 3 rings (SSSR count). The Balaban J connectivity index is 1.67. The van der Waals surface area contributed by atoms with Crippen LogP contribution in [0.1, 0.15) is 29.7 Å². The zero-order valence-corrected chi connectivity index (χ0v) is 15.5. The van der Waals surface area contributed by atoms with Gasteiger partial charge in [0.25, 0.3) is 5.91 Å². The molecule has 0 heterocycles. The van der Waals surface area contributed by atoms with Crippen molar-refractivity contribution in [1.29, 1.82) is 0 Å². The fourth-order valence-corrected chi connectivity index (χ4v) is 3.11. The van der Waals surface area contributed by atoms with E-state index in [1.54, 1.807) is 0 Å². The number of carbonyl (C=O) groups excluding carboxylic acids is 1. The molecule has 6 heteroatoms. The molecule has 0 fully saturated rings.